The lowest BCUT2D eigenvalue weighted by molar-refractivity contribution is 0.110. The Hall–Kier alpha value is -0.770. The van der Waals surface area contributed by atoms with Gasteiger partial charge in [0.05, 0.1) is 6.10 Å². The van der Waals surface area contributed by atoms with E-state index in [2.05, 4.69) is 19.2 Å². The average molecular weight is 268 g/mol. The molecule has 1 unspecified atom stereocenters. The normalized spacial score (nSPS) is 30.4. The molecular formula is C15H28N2O2. The van der Waals surface area contributed by atoms with Gasteiger partial charge in [0.15, 0.2) is 0 Å². The third kappa shape index (κ3) is 4.10. The van der Waals surface area contributed by atoms with Gasteiger partial charge in [0.25, 0.3) is 0 Å². The molecule has 2 rings (SSSR count). The van der Waals surface area contributed by atoms with E-state index >= 15 is 0 Å². The molecule has 19 heavy (non-hydrogen) atoms. The zero-order valence-electron chi connectivity index (χ0n) is 12.6. The van der Waals surface area contributed by atoms with Crippen molar-refractivity contribution in [2.75, 3.05) is 26.7 Å². The van der Waals surface area contributed by atoms with Gasteiger partial charge in [0.1, 0.15) is 0 Å². The van der Waals surface area contributed by atoms with Crippen molar-refractivity contribution in [1.82, 2.24) is 10.2 Å². The van der Waals surface area contributed by atoms with E-state index in [0.717, 1.165) is 26.1 Å². The molecule has 0 radical (unpaired) electrons. The second-order valence-corrected chi connectivity index (χ2v) is 6.91. The SMILES string of the molecule is CO[C@@H]1CCN(C(=O)NCC2CCCC(C)(C)C2)C1. The number of carbonyl (C=O) groups is 1. The summed E-state index contributed by atoms with van der Waals surface area (Å²) in [4.78, 5) is 13.9. The summed E-state index contributed by atoms with van der Waals surface area (Å²) in [6, 6.07) is 0.0860. The van der Waals surface area contributed by atoms with Crippen LogP contribution in [0.2, 0.25) is 0 Å². The van der Waals surface area contributed by atoms with Gasteiger partial charge in [-0.05, 0) is 37.0 Å². The predicted octanol–water partition coefficient (Wildman–Crippen LogP) is 2.63. The summed E-state index contributed by atoms with van der Waals surface area (Å²) in [7, 11) is 1.72. The van der Waals surface area contributed by atoms with Crippen LogP contribution < -0.4 is 5.32 Å². The van der Waals surface area contributed by atoms with Crippen molar-refractivity contribution < 1.29 is 9.53 Å². The molecule has 110 valence electrons. The summed E-state index contributed by atoms with van der Waals surface area (Å²) in [5, 5.41) is 3.11. The average Bonchev–Trinajstić information content (AvgIpc) is 2.83. The molecule has 1 aliphatic heterocycles. The molecule has 2 amide bonds. The van der Waals surface area contributed by atoms with Crippen LogP contribution in [-0.4, -0.2) is 43.8 Å². The summed E-state index contributed by atoms with van der Waals surface area (Å²) in [5.74, 6) is 0.647. The van der Waals surface area contributed by atoms with Gasteiger partial charge in [-0.3, -0.25) is 0 Å². The Balaban J connectivity index is 1.72. The smallest absolute Gasteiger partial charge is 0.317 e. The summed E-state index contributed by atoms with van der Waals surface area (Å²) in [6.07, 6.45) is 6.28. The van der Waals surface area contributed by atoms with Crippen LogP contribution >= 0.6 is 0 Å². The van der Waals surface area contributed by atoms with E-state index in [4.69, 9.17) is 4.74 Å². The number of methoxy groups -OCH3 is 1. The molecule has 1 N–H and O–H groups in total. The van der Waals surface area contributed by atoms with Crippen LogP contribution in [-0.2, 0) is 4.74 Å². The highest BCUT2D eigenvalue weighted by Crippen LogP contribution is 2.38. The van der Waals surface area contributed by atoms with Gasteiger partial charge in [0, 0.05) is 26.7 Å². The van der Waals surface area contributed by atoms with Crippen LogP contribution in [0.3, 0.4) is 0 Å². The number of carbonyl (C=O) groups excluding carboxylic acids is 1. The number of urea groups is 1. The van der Waals surface area contributed by atoms with Gasteiger partial charge in [-0.25, -0.2) is 4.79 Å². The van der Waals surface area contributed by atoms with Crippen molar-refractivity contribution in [2.24, 2.45) is 11.3 Å². The fourth-order valence-electron chi connectivity index (χ4n) is 3.48. The minimum Gasteiger partial charge on any atom is -0.380 e. The minimum atomic E-state index is 0.0860. The van der Waals surface area contributed by atoms with Gasteiger partial charge >= 0.3 is 6.03 Å². The first-order valence-electron chi connectivity index (χ1n) is 7.56. The Morgan fingerprint density at radius 2 is 2.21 bits per heavy atom. The molecule has 2 atom stereocenters. The highest BCUT2D eigenvalue weighted by Gasteiger charge is 2.29. The second kappa shape index (κ2) is 6.12. The van der Waals surface area contributed by atoms with Crippen LogP contribution in [0.4, 0.5) is 4.79 Å². The van der Waals surface area contributed by atoms with E-state index in [0.29, 0.717) is 11.3 Å². The first-order valence-corrected chi connectivity index (χ1v) is 7.56. The Kier molecular flexibility index (Phi) is 4.71. The van der Waals surface area contributed by atoms with Crippen LogP contribution in [0.1, 0.15) is 46.0 Å². The molecular weight excluding hydrogens is 240 g/mol. The highest BCUT2D eigenvalue weighted by atomic mass is 16.5. The Labute approximate surface area is 116 Å². The van der Waals surface area contributed by atoms with E-state index in [9.17, 15) is 4.79 Å². The first kappa shape index (κ1) is 14.6. The number of likely N-dealkylation sites (tertiary alicyclic amines) is 1. The molecule has 0 aromatic heterocycles. The zero-order chi connectivity index (χ0) is 13.9. The van der Waals surface area contributed by atoms with Crippen molar-refractivity contribution in [2.45, 2.75) is 52.1 Å². The van der Waals surface area contributed by atoms with Crippen molar-refractivity contribution in [3.8, 4) is 0 Å². The molecule has 0 aromatic rings. The summed E-state index contributed by atoms with van der Waals surface area (Å²) >= 11 is 0. The van der Waals surface area contributed by atoms with Crippen LogP contribution in [0.5, 0.6) is 0 Å². The molecule has 0 aromatic carbocycles. The topological polar surface area (TPSA) is 41.6 Å². The summed E-state index contributed by atoms with van der Waals surface area (Å²) < 4.78 is 5.29. The van der Waals surface area contributed by atoms with Crippen molar-refractivity contribution in [3.63, 3.8) is 0 Å². The van der Waals surface area contributed by atoms with E-state index < -0.39 is 0 Å². The van der Waals surface area contributed by atoms with Gasteiger partial charge in [-0.2, -0.15) is 0 Å². The summed E-state index contributed by atoms with van der Waals surface area (Å²) in [6.45, 7) is 7.06. The molecule has 4 heteroatoms. The zero-order valence-corrected chi connectivity index (χ0v) is 12.6. The van der Waals surface area contributed by atoms with E-state index in [1.807, 2.05) is 4.90 Å². The minimum absolute atomic E-state index is 0.0860. The third-order valence-corrected chi connectivity index (χ3v) is 4.61. The van der Waals surface area contributed by atoms with E-state index in [1.54, 1.807) is 7.11 Å². The Bertz CT molecular complexity index is 317. The maximum Gasteiger partial charge on any atom is 0.317 e. The largest absolute Gasteiger partial charge is 0.380 e. The Morgan fingerprint density at radius 3 is 2.84 bits per heavy atom. The number of nitrogens with zero attached hydrogens (tertiary/aromatic N) is 1. The number of rotatable bonds is 3. The maximum atomic E-state index is 12.1. The lowest BCUT2D eigenvalue weighted by Gasteiger charge is -2.35. The number of nitrogens with one attached hydrogen (secondary N) is 1. The van der Waals surface area contributed by atoms with Gasteiger partial charge in [-0.1, -0.05) is 20.3 Å². The molecule has 0 spiro atoms. The molecule has 1 aliphatic carbocycles. The molecule has 1 heterocycles. The molecule has 2 aliphatic rings. The predicted molar refractivity (Wildman–Crippen MR) is 76.1 cm³/mol. The highest BCUT2D eigenvalue weighted by molar-refractivity contribution is 5.74. The molecule has 1 saturated heterocycles. The van der Waals surface area contributed by atoms with Crippen molar-refractivity contribution >= 4 is 6.03 Å². The Morgan fingerprint density at radius 1 is 1.42 bits per heavy atom. The molecule has 2 fully saturated rings. The second-order valence-electron chi connectivity index (χ2n) is 6.91. The summed E-state index contributed by atoms with van der Waals surface area (Å²) in [5.41, 5.74) is 0.447. The van der Waals surface area contributed by atoms with Gasteiger partial charge < -0.3 is 15.0 Å². The molecule has 1 saturated carbocycles. The van der Waals surface area contributed by atoms with E-state index in [1.165, 1.54) is 25.7 Å². The van der Waals surface area contributed by atoms with Crippen LogP contribution in [0.25, 0.3) is 0 Å². The lowest BCUT2D eigenvalue weighted by Crippen LogP contribution is -2.42. The van der Waals surface area contributed by atoms with Gasteiger partial charge in [-0.15, -0.1) is 0 Å². The maximum absolute atomic E-state index is 12.1. The van der Waals surface area contributed by atoms with Crippen LogP contribution in [0.15, 0.2) is 0 Å². The standard InChI is InChI=1S/C15H28N2O2/c1-15(2)7-4-5-12(9-15)10-16-14(18)17-8-6-13(11-17)19-3/h12-13H,4-11H2,1-3H3,(H,16,18)/t12?,13-/m1/s1. The molecule has 4 nitrogen and oxygen atoms in total. The van der Waals surface area contributed by atoms with Crippen molar-refractivity contribution in [3.05, 3.63) is 0 Å². The monoisotopic (exact) mass is 268 g/mol. The number of ether oxygens (including phenoxy) is 1. The van der Waals surface area contributed by atoms with Crippen molar-refractivity contribution in [1.29, 1.82) is 0 Å². The van der Waals surface area contributed by atoms with E-state index in [-0.39, 0.29) is 12.1 Å². The lowest BCUT2D eigenvalue weighted by atomic mass is 9.72. The van der Waals surface area contributed by atoms with Gasteiger partial charge in [0.2, 0.25) is 0 Å². The quantitative estimate of drug-likeness (QED) is 0.855. The fraction of sp³-hybridized carbons (Fsp3) is 0.933. The molecule has 0 bridgehead atoms. The van der Waals surface area contributed by atoms with Crippen LogP contribution in [0, 0.1) is 11.3 Å². The number of hydrogen-bond acceptors (Lipinski definition) is 2. The fourth-order valence-corrected chi connectivity index (χ4v) is 3.48. The first-order chi connectivity index (χ1) is 9.00. The number of hydrogen-bond donors (Lipinski definition) is 1. The third-order valence-electron chi connectivity index (χ3n) is 4.61. The number of amides is 2.